The molecule has 0 radical (unpaired) electrons. The largest absolute Gasteiger partial charge is 0.0956 e. The van der Waals surface area contributed by atoms with E-state index in [9.17, 15) is 0 Å². The molecule has 0 heterocycles. The predicted octanol–water partition coefficient (Wildman–Crippen LogP) is 3.55. The summed E-state index contributed by atoms with van der Waals surface area (Å²) in [4.78, 5) is 0. The van der Waals surface area contributed by atoms with E-state index in [-0.39, 0.29) is 0 Å². The van der Waals surface area contributed by atoms with Crippen molar-refractivity contribution in [3.63, 3.8) is 0 Å². The fourth-order valence-corrected chi connectivity index (χ4v) is 1.72. The van der Waals surface area contributed by atoms with Gasteiger partial charge in [-0.25, -0.2) is 0 Å². The number of hydrogen-bond acceptors (Lipinski definition) is 0. The van der Waals surface area contributed by atoms with E-state index in [1.54, 1.807) is 0 Å². The zero-order chi connectivity index (χ0) is 8.27. The second kappa shape index (κ2) is 3.75. The molecule has 0 N–H and O–H groups in total. The highest BCUT2D eigenvalue weighted by Crippen LogP contribution is 2.30. The summed E-state index contributed by atoms with van der Waals surface area (Å²) in [6.45, 7) is 8.56. The minimum absolute atomic E-state index is 0.755. The summed E-state index contributed by atoms with van der Waals surface area (Å²) in [5, 5.41) is 0. The van der Waals surface area contributed by atoms with Crippen LogP contribution in [0.1, 0.15) is 33.1 Å². The fraction of sp³-hybridized carbons (Fsp3) is 0.636. The van der Waals surface area contributed by atoms with Gasteiger partial charge in [-0.2, -0.15) is 0 Å². The van der Waals surface area contributed by atoms with Crippen molar-refractivity contribution in [3.8, 4) is 0 Å². The smallest absolute Gasteiger partial charge is 0.0165 e. The lowest BCUT2D eigenvalue weighted by Crippen LogP contribution is -2.11. The molecule has 0 aromatic heterocycles. The highest BCUT2D eigenvalue weighted by Gasteiger charge is 2.17. The van der Waals surface area contributed by atoms with Crippen LogP contribution in [0.3, 0.4) is 0 Å². The Balaban J connectivity index is 2.59. The maximum absolute atomic E-state index is 4.05. The second-order valence-corrected chi connectivity index (χ2v) is 3.44. The molecule has 0 amide bonds. The SMILES string of the molecule is C=C1C=C[C@H](CC)C[C@@H]1CC. The number of allylic oxidation sites excluding steroid dienone is 3. The van der Waals surface area contributed by atoms with Crippen LogP contribution in [0, 0.1) is 11.8 Å². The van der Waals surface area contributed by atoms with Gasteiger partial charge in [0.25, 0.3) is 0 Å². The molecule has 0 aliphatic heterocycles. The lowest BCUT2D eigenvalue weighted by Gasteiger charge is -2.24. The maximum atomic E-state index is 4.05. The summed E-state index contributed by atoms with van der Waals surface area (Å²) in [6, 6.07) is 0. The van der Waals surface area contributed by atoms with Crippen molar-refractivity contribution >= 4 is 0 Å². The quantitative estimate of drug-likeness (QED) is 0.564. The molecule has 0 saturated heterocycles. The number of hydrogen-bond donors (Lipinski definition) is 0. The molecule has 0 unspecified atom stereocenters. The van der Waals surface area contributed by atoms with E-state index in [2.05, 4.69) is 32.6 Å². The third-order valence-electron chi connectivity index (χ3n) is 2.71. The third-order valence-corrected chi connectivity index (χ3v) is 2.71. The van der Waals surface area contributed by atoms with Gasteiger partial charge >= 0.3 is 0 Å². The minimum Gasteiger partial charge on any atom is -0.0956 e. The summed E-state index contributed by atoms with van der Waals surface area (Å²) < 4.78 is 0. The van der Waals surface area contributed by atoms with Crippen molar-refractivity contribution in [2.45, 2.75) is 33.1 Å². The van der Waals surface area contributed by atoms with E-state index in [0.717, 1.165) is 11.8 Å². The van der Waals surface area contributed by atoms with Gasteiger partial charge in [-0.3, -0.25) is 0 Å². The Bertz CT molecular complexity index is 165. The van der Waals surface area contributed by atoms with Crippen LogP contribution in [0.15, 0.2) is 24.3 Å². The van der Waals surface area contributed by atoms with E-state index >= 15 is 0 Å². The first-order valence-electron chi connectivity index (χ1n) is 4.64. The van der Waals surface area contributed by atoms with Crippen molar-refractivity contribution in [3.05, 3.63) is 24.3 Å². The van der Waals surface area contributed by atoms with Crippen molar-refractivity contribution in [2.75, 3.05) is 0 Å². The molecular weight excluding hydrogens is 132 g/mol. The first-order chi connectivity index (χ1) is 5.27. The molecule has 11 heavy (non-hydrogen) atoms. The van der Waals surface area contributed by atoms with Gasteiger partial charge in [0.1, 0.15) is 0 Å². The molecule has 1 aliphatic carbocycles. The van der Waals surface area contributed by atoms with Crippen molar-refractivity contribution in [2.24, 2.45) is 11.8 Å². The highest BCUT2D eigenvalue weighted by molar-refractivity contribution is 5.22. The summed E-state index contributed by atoms with van der Waals surface area (Å²) in [6.07, 6.45) is 8.38. The van der Waals surface area contributed by atoms with Crippen LogP contribution in [0.4, 0.5) is 0 Å². The molecule has 0 heteroatoms. The normalized spacial score (nSPS) is 30.9. The number of rotatable bonds is 2. The Hall–Kier alpha value is -0.520. The lowest BCUT2D eigenvalue weighted by molar-refractivity contribution is 0.437. The molecule has 1 aliphatic rings. The molecule has 0 bridgehead atoms. The zero-order valence-electron chi connectivity index (χ0n) is 7.64. The van der Waals surface area contributed by atoms with E-state index in [1.807, 2.05) is 0 Å². The van der Waals surface area contributed by atoms with Crippen LogP contribution in [-0.2, 0) is 0 Å². The average Bonchev–Trinajstić information content (AvgIpc) is 2.05. The predicted molar refractivity (Wildman–Crippen MR) is 50.5 cm³/mol. The standard InChI is InChI=1S/C11H18/c1-4-10-7-6-9(3)11(5-2)8-10/h6-7,10-11H,3-5,8H2,1-2H3/t10-,11-/m0/s1. The topological polar surface area (TPSA) is 0 Å². The Morgan fingerprint density at radius 3 is 2.73 bits per heavy atom. The van der Waals surface area contributed by atoms with Gasteiger partial charge in [-0.05, 0) is 31.1 Å². The van der Waals surface area contributed by atoms with Crippen molar-refractivity contribution in [1.82, 2.24) is 0 Å². The first kappa shape index (κ1) is 8.58. The van der Waals surface area contributed by atoms with Gasteiger partial charge in [-0.15, -0.1) is 0 Å². The van der Waals surface area contributed by atoms with Crippen LogP contribution in [-0.4, -0.2) is 0 Å². The average molecular weight is 150 g/mol. The minimum atomic E-state index is 0.755. The zero-order valence-corrected chi connectivity index (χ0v) is 7.64. The Labute approximate surface area is 70.0 Å². The monoisotopic (exact) mass is 150 g/mol. The first-order valence-corrected chi connectivity index (χ1v) is 4.64. The van der Waals surface area contributed by atoms with Crippen molar-refractivity contribution in [1.29, 1.82) is 0 Å². The summed E-state index contributed by atoms with van der Waals surface area (Å²) in [5.41, 5.74) is 1.33. The molecule has 0 aromatic rings. The lowest BCUT2D eigenvalue weighted by atomic mass is 9.81. The van der Waals surface area contributed by atoms with Crippen LogP contribution >= 0.6 is 0 Å². The molecular formula is C11H18. The van der Waals surface area contributed by atoms with Crippen LogP contribution in [0.2, 0.25) is 0 Å². The molecule has 1 rings (SSSR count). The van der Waals surface area contributed by atoms with Gasteiger partial charge in [0.2, 0.25) is 0 Å². The molecule has 0 saturated carbocycles. The molecule has 0 spiro atoms. The molecule has 0 nitrogen and oxygen atoms in total. The van der Waals surface area contributed by atoms with E-state index < -0.39 is 0 Å². The van der Waals surface area contributed by atoms with Crippen LogP contribution < -0.4 is 0 Å². The van der Waals surface area contributed by atoms with Gasteiger partial charge in [0.15, 0.2) is 0 Å². The Morgan fingerprint density at radius 1 is 1.45 bits per heavy atom. The van der Waals surface area contributed by atoms with Crippen molar-refractivity contribution < 1.29 is 0 Å². The van der Waals surface area contributed by atoms with Gasteiger partial charge in [0.05, 0.1) is 0 Å². The van der Waals surface area contributed by atoms with Crippen LogP contribution in [0.5, 0.6) is 0 Å². The summed E-state index contributed by atoms with van der Waals surface area (Å²) >= 11 is 0. The molecule has 2 atom stereocenters. The Morgan fingerprint density at radius 2 is 2.18 bits per heavy atom. The van der Waals surface area contributed by atoms with Crippen LogP contribution in [0.25, 0.3) is 0 Å². The maximum Gasteiger partial charge on any atom is -0.0165 e. The van der Waals surface area contributed by atoms with Gasteiger partial charge in [0, 0.05) is 0 Å². The van der Waals surface area contributed by atoms with E-state index in [0.29, 0.717) is 0 Å². The van der Waals surface area contributed by atoms with Gasteiger partial charge < -0.3 is 0 Å². The molecule has 0 aromatic carbocycles. The second-order valence-electron chi connectivity index (χ2n) is 3.44. The Kier molecular flexibility index (Phi) is 2.92. The highest BCUT2D eigenvalue weighted by atomic mass is 14.2. The summed E-state index contributed by atoms with van der Waals surface area (Å²) in [5.74, 6) is 1.57. The van der Waals surface area contributed by atoms with Gasteiger partial charge in [-0.1, -0.05) is 38.2 Å². The molecule has 62 valence electrons. The third kappa shape index (κ3) is 1.95. The van der Waals surface area contributed by atoms with E-state index in [4.69, 9.17) is 0 Å². The fourth-order valence-electron chi connectivity index (χ4n) is 1.72. The molecule has 0 fully saturated rings. The van der Waals surface area contributed by atoms with E-state index in [1.165, 1.54) is 24.8 Å². The summed E-state index contributed by atoms with van der Waals surface area (Å²) in [7, 11) is 0.